The van der Waals surface area contributed by atoms with Gasteiger partial charge in [0.25, 0.3) is 0 Å². The normalized spacial score (nSPS) is 11.9. The molecule has 18 heavy (non-hydrogen) atoms. The van der Waals surface area contributed by atoms with Crippen molar-refractivity contribution in [2.24, 2.45) is 0 Å². The maximum Gasteiger partial charge on any atom is 0.242 e. The predicted octanol–water partition coefficient (Wildman–Crippen LogP) is 2.70. The third-order valence-corrected chi connectivity index (χ3v) is 6.13. The van der Waals surface area contributed by atoms with Crippen LogP contribution in [-0.4, -0.2) is 22.0 Å². The molecule has 0 radical (unpaired) electrons. The molecule has 0 bridgehead atoms. The van der Waals surface area contributed by atoms with Gasteiger partial charge in [-0.05, 0) is 35.5 Å². The molecule has 0 spiro atoms. The smallest absolute Gasteiger partial charge is 0.242 e. The van der Waals surface area contributed by atoms with Gasteiger partial charge in [-0.25, -0.2) is 13.1 Å². The fourth-order valence-corrected chi connectivity index (χ4v) is 5.27. The van der Waals surface area contributed by atoms with E-state index in [1.165, 1.54) is 11.3 Å². The zero-order valence-corrected chi connectivity index (χ0v) is 13.8. The van der Waals surface area contributed by atoms with E-state index in [1.54, 1.807) is 6.07 Å². The van der Waals surface area contributed by atoms with Crippen molar-refractivity contribution in [2.45, 2.75) is 37.6 Å². The highest BCUT2D eigenvalue weighted by Gasteiger charge is 2.20. The topological polar surface area (TPSA) is 58.2 Å². The SMILES string of the molecule is CCCCCNS(=O)(=O)c1cc(CNC)sc1Br. The lowest BCUT2D eigenvalue weighted by Crippen LogP contribution is -2.24. The number of nitrogens with one attached hydrogen (secondary N) is 2. The van der Waals surface area contributed by atoms with E-state index in [0.717, 1.165) is 24.1 Å². The van der Waals surface area contributed by atoms with E-state index in [1.807, 2.05) is 7.05 Å². The van der Waals surface area contributed by atoms with Crippen molar-refractivity contribution in [1.82, 2.24) is 10.0 Å². The quantitative estimate of drug-likeness (QED) is 0.705. The molecule has 4 nitrogen and oxygen atoms in total. The van der Waals surface area contributed by atoms with Gasteiger partial charge in [-0.3, -0.25) is 0 Å². The van der Waals surface area contributed by atoms with Gasteiger partial charge >= 0.3 is 0 Å². The highest BCUT2D eigenvalue weighted by molar-refractivity contribution is 9.11. The lowest BCUT2D eigenvalue weighted by molar-refractivity contribution is 0.576. The average molecular weight is 355 g/mol. The van der Waals surface area contributed by atoms with Crippen LogP contribution in [0.25, 0.3) is 0 Å². The Bertz CT molecular complexity index is 471. The molecule has 0 aliphatic heterocycles. The second-order valence-corrected chi connectivity index (χ2v) is 8.18. The molecule has 0 saturated carbocycles. The largest absolute Gasteiger partial charge is 0.315 e. The first-order chi connectivity index (χ1) is 8.51. The van der Waals surface area contributed by atoms with Crippen LogP contribution in [0.4, 0.5) is 0 Å². The van der Waals surface area contributed by atoms with Crippen LogP contribution in [0, 0.1) is 0 Å². The first-order valence-corrected chi connectivity index (χ1v) is 9.03. The molecule has 1 aromatic rings. The highest BCUT2D eigenvalue weighted by atomic mass is 79.9. The molecule has 0 fully saturated rings. The van der Waals surface area contributed by atoms with Gasteiger partial charge in [-0.15, -0.1) is 11.3 Å². The molecule has 0 unspecified atom stereocenters. The van der Waals surface area contributed by atoms with E-state index in [2.05, 4.69) is 32.9 Å². The maximum atomic E-state index is 12.1. The van der Waals surface area contributed by atoms with Gasteiger partial charge in [0.05, 0.1) is 3.79 Å². The lowest BCUT2D eigenvalue weighted by atomic mass is 10.3. The summed E-state index contributed by atoms with van der Waals surface area (Å²) in [6.07, 6.45) is 3.00. The molecular formula is C11H19BrN2O2S2. The molecule has 104 valence electrons. The summed E-state index contributed by atoms with van der Waals surface area (Å²) in [7, 11) is -1.55. The van der Waals surface area contributed by atoms with Crippen LogP contribution in [-0.2, 0) is 16.6 Å². The Balaban J connectivity index is 2.72. The van der Waals surface area contributed by atoms with E-state index in [0.29, 0.717) is 21.8 Å². The van der Waals surface area contributed by atoms with Crippen molar-refractivity contribution in [1.29, 1.82) is 0 Å². The summed E-state index contributed by atoms with van der Waals surface area (Å²) < 4.78 is 27.5. The summed E-state index contributed by atoms with van der Waals surface area (Å²) in [4.78, 5) is 1.34. The number of rotatable bonds is 8. The molecule has 1 rings (SSSR count). The molecule has 1 aromatic heterocycles. The van der Waals surface area contributed by atoms with Gasteiger partial charge in [0.1, 0.15) is 4.90 Å². The zero-order chi connectivity index (χ0) is 13.6. The standard InChI is InChI=1S/C11H19BrN2O2S2/c1-3-4-5-6-14-18(15,16)10-7-9(8-13-2)17-11(10)12/h7,13-14H,3-6,8H2,1-2H3. The average Bonchev–Trinajstić information content (AvgIpc) is 2.67. The van der Waals surface area contributed by atoms with Gasteiger partial charge in [-0.2, -0.15) is 0 Å². The van der Waals surface area contributed by atoms with Crippen LogP contribution in [0.1, 0.15) is 31.1 Å². The summed E-state index contributed by atoms with van der Waals surface area (Å²) >= 11 is 4.76. The number of unbranched alkanes of at least 4 members (excludes halogenated alkanes) is 2. The van der Waals surface area contributed by atoms with E-state index in [-0.39, 0.29) is 0 Å². The number of thiophene rings is 1. The Morgan fingerprint density at radius 2 is 2.11 bits per heavy atom. The number of hydrogen-bond donors (Lipinski definition) is 2. The predicted molar refractivity (Wildman–Crippen MR) is 79.5 cm³/mol. The van der Waals surface area contributed by atoms with Gasteiger partial charge in [0.15, 0.2) is 0 Å². The van der Waals surface area contributed by atoms with Crippen LogP contribution in [0.15, 0.2) is 14.7 Å². The second kappa shape index (κ2) is 7.59. The van der Waals surface area contributed by atoms with Crippen molar-refractivity contribution in [3.8, 4) is 0 Å². The molecular weight excluding hydrogens is 336 g/mol. The minimum atomic E-state index is -3.38. The van der Waals surface area contributed by atoms with Crippen molar-refractivity contribution in [3.63, 3.8) is 0 Å². The van der Waals surface area contributed by atoms with Crippen molar-refractivity contribution in [2.75, 3.05) is 13.6 Å². The summed E-state index contributed by atoms with van der Waals surface area (Å²) in [5.74, 6) is 0. The van der Waals surface area contributed by atoms with Crippen LogP contribution in [0.2, 0.25) is 0 Å². The molecule has 0 aliphatic carbocycles. The molecule has 2 N–H and O–H groups in total. The Morgan fingerprint density at radius 1 is 1.39 bits per heavy atom. The Kier molecular flexibility index (Phi) is 6.79. The fourth-order valence-electron chi connectivity index (χ4n) is 1.50. The van der Waals surface area contributed by atoms with Crippen molar-refractivity contribution >= 4 is 37.3 Å². The van der Waals surface area contributed by atoms with Crippen LogP contribution in [0.5, 0.6) is 0 Å². The Labute approximate surface area is 121 Å². The maximum absolute atomic E-state index is 12.1. The van der Waals surface area contributed by atoms with Crippen LogP contribution < -0.4 is 10.0 Å². The Hall–Kier alpha value is 0.0500. The fraction of sp³-hybridized carbons (Fsp3) is 0.636. The van der Waals surface area contributed by atoms with E-state index in [9.17, 15) is 8.42 Å². The van der Waals surface area contributed by atoms with Crippen molar-refractivity contribution < 1.29 is 8.42 Å². The third kappa shape index (κ3) is 4.62. The number of sulfonamides is 1. The zero-order valence-electron chi connectivity index (χ0n) is 10.6. The van der Waals surface area contributed by atoms with Crippen molar-refractivity contribution in [3.05, 3.63) is 14.7 Å². The van der Waals surface area contributed by atoms with Gasteiger partial charge in [-0.1, -0.05) is 19.8 Å². The monoisotopic (exact) mass is 354 g/mol. The molecule has 0 saturated heterocycles. The van der Waals surface area contributed by atoms with E-state index >= 15 is 0 Å². The van der Waals surface area contributed by atoms with E-state index in [4.69, 9.17) is 0 Å². The molecule has 0 aliphatic rings. The summed E-state index contributed by atoms with van der Waals surface area (Å²) in [5.41, 5.74) is 0. The summed E-state index contributed by atoms with van der Waals surface area (Å²) in [6.45, 7) is 3.27. The van der Waals surface area contributed by atoms with E-state index < -0.39 is 10.0 Å². The highest BCUT2D eigenvalue weighted by Crippen LogP contribution is 2.31. The minimum Gasteiger partial charge on any atom is -0.315 e. The molecule has 0 atom stereocenters. The number of halogens is 1. The third-order valence-electron chi connectivity index (χ3n) is 2.42. The first-order valence-electron chi connectivity index (χ1n) is 5.93. The molecule has 0 amide bonds. The number of hydrogen-bond acceptors (Lipinski definition) is 4. The van der Waals surface area contributed by atoms with Gasteiger partial charge in [0.2, 0.25) is 10.0 Å². The second-order valence-electron chi connectivity index (χ2n) is 3.99. The first kappa shape index (κ1) is 16.1. The Morgan fingerprint density at radius 3 is 2.72 bits per heavy atom. The molecule has 7 heteroatoms. The minimum absolute atomic E-state index is 0.342. The van der Waals surface area contributed by atoms with Crippen LogP contribution in [0.3, 0.4) is 0 Å². The summed E-state index contributed by atoms with van der Waals surface area (Å²) in [5, 5.41) is 3.01. The van der Waals surface area contributed by atoms with Gasteiger partial charge in [0, 0.05) is 18.0 Å². The van der Waals surface area contributed by atoms with Crippen LogP contribution >= 0.6 is 27.3 Å². The summed E-state index contributed by atoms with van der Waals surface area (Å²) in [6, 6.07) is 1.72. The molecule has 0 aromatic carbocycles. The molecule has 1 heterocycles. The van der Waals surface area contributed by atoms with Gasteiger partial charge < -0.3 is 5.32 Å². The lowest BCUT2D eigenvalue weighted by Gasteiger charge is -2.04.